The number of alkyl halides is 2. The van der Waals surface area contributed by atoms with Crippen LogP contribution in [0, 0.1) is 0 Å². The lowest BCUT2D eigenvalue weighted by Crippen LogP contribution is -2.39. The summed E-state index contributed by atoms with van der Waals surface area (Å²) in [5.74, 6) is -0.0189. The smallest absolute Gasteiger partial charge is 0.387 e. The van der Waals surface area contributed by atoms with E-state index in [9.17, 15) is 13.6 Å². The molecule has 1 atom stereocenters. The highest BCUT2D eigenvalue weighted by atomic mass is 19.3. The number of likely N-dealkylation sites (N-methyl/N-ethyl adjacent to an activating group) is 1. The van der Waals surface area contributed by atoms with Crippen molar-refractivity contribution in [3.63, 3.8) is 0 Å². The summed E-state index contributed by atoms with van der Waals surface area (Å²) in [6, 6.07) is 3.98. The van der Waals surface area contributed by atoms with Crippen molar-refractivity contribution in [3.8, 4) is 11.5 Å². The number of carbonyl (C=O) groups excluding carboxylic acids is 1. The number of benzene rings is 1. The minimum Gasteiger partial charge on any atom is -0.490 e. The highest BCUT2D eigenvalue weighted by Crippen LogP contribution is 2.30. The Balaban J connectivity index is 2.89. The maximum Gasteiger partial charge on any atom is 0.387 e. The van der Waals surface area contributed by atoms with E-state index in [1.807, 2.05) is 0 Å². The van der Waals surface area contributed by atoms with Crippen LogP contribution in [0.5, 0.6) is 11.5 Å². The number of carbonyl (C=O) groups is 1. The van der Waals surface area contributed by atoms with E-state index in [1.165, 1.54) is 11.0 Å². The molecule has 0 aliphatic carbocycles. The van der Waals surface area contributed by atoms with Gasteiger partial charge in [0.05, 0.1) is 12.6 Å². The molecule has 21 heavy (non-hydrogen) atoms. The van der Waals surface area contributed by atoms with Crippen LogP contribution in [-0.4, -0.2) is 37.1 Å². The second kappa shape index (κ2) is 7.78. The molecule has 0 fully saturated rings. The zero-order chi connectivity index (χ0) is 16.0. The van der Waals surface area contributed by atoms with Crippen LogP contribution < -0.4 is 15.2 Å². The molecule has 0 aliphatic rings. The molecule has 0 aromatic heterocycles. The first-order valence-electron chi connectivity index (χ1n) is 6.56. The summed E-state index contributed by atoms with van der Waals surface area (Å²) >= 11 is 0. The number of hydrogen-bond acceptors (Lipinski definition) is 4. The summed E-state index contributed by atoms with van der Waals surface area (Å²) in [5.41, 5.74) is 6.26. The zero-order valence-electron chi connectivity index (χ0n) is 12.3. The van der Waals surface area contributed by atoms with Gasteiger partial charge in [0.2, 0.25) is 5.91 Å². The van der Waals surface area contributed by atoms with E-state index in [2.05, 4.69) is 4.74 Å². The Hall–Kier alpha value is -1.89. The summed E-state index contributed by atoms with van der Waals surface area (Å²) in [7, 11) is 1.62. The lowest BCUT2D eigenvalue weighted by molar-refractivity contribution is -0.131. The molecule has 0 aliphatic heterocycles. The summed E-state index contributed by atoms with van der Waals surface area (Å²) in [5, 5.41) is 0. The van der Waals surface area contributed by atoms with Crippen LogP contribution >= 0.6 is 0 Å². The van der Waals surface area contributed by atoms with Crippen molar-refractivity contribution in [2.45, 2.75) is 33.0 Å². The van der Waals surface area contributed by atoms with Crippen LogP contribution in [0.4, 0.5) is 8.78 Å². The highest BCUT2D eigenvalue weighted by molar-refractivity contribution is 5.80. The SMILES string of the molecule is CCOc1cc(CN(C)C(=O)[C@@H](C)N)ccc1OC(F)F. The fourth-order valence-corrected chi connectivity index (χ4v) is 1.81. The molecule has 0 saturated heterocycles. The molecule has 0 spiro atoms. The normalized spacial score (nSPS) is 12.1. The third-order valence-electron chi connectivity index (χ3n) is 2.71. The molecule has 0 bridgehead atoms. The zero-order valence-corrected chi connectivity index (χ0v) is 12.3. The predicted molar refractivity (Wildman–Crippen MR) is 74.4 cm³/mol. The topological polar surface area (TPSA) is 64.8 Å². The van der Waals surface area contributed by atoms with Gasteiger partial charge >= 0.3 is 6.61 Å². The lowest BCUT2D eigenvalue weighted by atomic mass is 10.2. The van der Waals surface area contributed by atoms with Crippen LogP contribution in [0.15, 0.2) is 18.2 Å². The van der Waals surface area contributed by atoms with Crippen molar-refractivity contribution in [1.82, 2.24) is 4.90 Å². The summed E-state index contributed by atoms with van der Waals surface area (Å²) in [6.45, 7) is 1.04. The van der Waals surface area contributed by atoms with Crippen molar-refractivity contribution in [3.05, 3.63) is 23.8 Å². The Bertz CT molecular complexity index is 481. The second-order valence-corrected chi connectivity index (χ2v) is 4.58. The molecule has 2 N–H and O–H groups in total. The van der Waals surface area contributed by atoms with Crippen molar-refractivity contribution >= 4 is 5.91 Å². The third-order valence-corrected chi connectivity index (χ3v) is 2.71. The molecule has 118 valence electrons. The number of amides is 1. The van der Waals surface area contributed by atoms with Gasteiger partial charge in [0.15, 0.2) is 11.5 Å². The van der Waals surface area contributed by atoms with Crippen molar-refractivity contribution in [2.75, 3.05) is 13.7 Å². The van der Waals surface area contributed by atoms with E-state index in [0.29, 0.717) is 13.2 Å². The Morgan fingerprint density at radius 2 is 2.05 bits per heavy atom. The monoisotopic (exact) mass is 302 g/mol. The quantitative estimate of drug-likeness (QED) is 0.836. The molecule has 1 aromatic carbocycles. The average molecular weight is 302 g/mol. The highest BCUT2D eigenvalue weighted by Gasteiger charge is 2.16. The Morgan fingerprint density at radius 3 is 2.57 bits per heavy atom. The standard InChI is InChI=1S/C14H20F2N2O3/c1-4-20-12-7-10(5-6-11(12)21-14(15)16)8-18(3)13(19)9(2)17/h5-7,9,14H,4,8,17H2,1-3H3/t9-/m1/s1. The van der Waals surface area contributed by atoms with Crippen LogP contribution in [0.3, 0.4) is 0 Å². The number of nitrogens with zero attached hydrogens (tertiary/aromatic N) is 1. The molecule has 0 heterocycles. The van der Waals surface area contributed by atoms with Crippen molar-refractivity contribution < 1.29 is 23.0 Å². The van der Waals surface area contributed by atoms with Crippen LogP contribution in [0.1, 0.15) is 19.4 Å². The Morgan fingerprint density at radius 1 is 1.38 bits per heavy atom. The van der Waals surface area contributed by atoms with Gasteiger partial charge in [-0.2, -0.15) is 8.78 Å². The largest absolute Gasteiger partial charge is 0.490 e. The number of hydrogen-bond donors (Lipinski definition) is 1. The first-order chi connectivity index (χ1) is 9.85. The summed E-state index contributed by atoms with van der Waals surface area (Å²) in [6.07, 6.45) is 0. The third kappa shape index (κ3) is 5.18. The molecule has 7 heteroatoms. The number of ether oxygens (including phenoxy) is 2. The summed E-state index contributed by atoms with van der Waals surface area (Å²) < 4.78 is 34.3. The van der Waals surface area contributed by atoms with E-state index in [-0.39, 0.29) is 17.4 Å². The number of rotatable bonds is 7. The fourth-order valence-electron chi connectivity index (χ4n) is 1.81. The van der Waals surface area contributed by atoms with E-state index < -0.39 is 12.7 Å². The molecule has 0 unspecified atom stereocenters. The predicted octanol–water partition coefficient (Wildman–Crippen LogP) is 1.99. The van der Waals surface area contributed by atoms with Crippen LogP contribution in [-0.2, 0) is 11.3 Å². The lowest BCUT2D eigenvalue weighted by Gasteiger charge is -2.20. The summed E-state index contributed by atoms with van der Waals surface area (Å²) in [4.78, 5) is 13.2. The molecular weight excluding hydrogens is 282 g/mol. The van der Waals surface area contributed by atoms with Crippen molar-refractivity contribution in [2.24, 2.45) is 5.73 Å². The van der Waals surface area contributed by atoms with E-state index in [1.54, 1.807) is 33.0 Å². The van der Waals surface area contributed by atoms with E-state index in [0.717, 1.165) is 5.56 Å². The van der Waals surface area contributed by atoms with Gasteiger partial charge in [-0.25, -0.2) is 0 Å². The maximum atomic E-state index is 12.3. The van der Waals surface area contributed by atoms with Gasteiger partial charge in [0, 0.05) is 13.6 Å². The molecule has 0 radical (unpaired) electrons. The van der Waals surface area contributed by atoms with Crippen molar-refractivity contribution in [1.29, 1.82) is 0 Å². The van der Waals surface area contributed by atoms with Gasteiger partial charge in [-0.05, 0) is 31.5 Å². The Kier molecular flexibility index (Phi) is 6.36. The van der Waals surface area contributed by atoms with E-state index in [4.69, 9.17) is 10.5 Å². The second-order valence-electron chi connectivity index (χ2n) is 4.58. The first kappa shape index (κ1) is 17.2. The molecular formula is C14H20F2N2O3. The van der Waals surface area contributed by atoms with Gasteiger partial charge in [-0.3, -0.25) is 4.79 Å². The van der Waals surface area contributed by atoms with Gasteiger partial charge < -0.3 is 20.1 Å². The van der Waals surface area contributed by atoms with Gasteiger partial charge in [-0.1, -0.05) is 6.07 Å². The van der Waals surface area contributed by atoms with Crippen LogP contribution in [0.2, 0.25) is 0 Å². The molecule has 1 rings (SSSR count). The Labute approximate surface area is 122 Å². The molecule has 1 aromatic rings. The van der Waals surface area contributed by atoms with E-state index >= 15 is 0 Å². The maximum absolute atomic E-state index is 12.3. The number of nitrogens with two attached hydrogens (primary N) is 1. The molecule has 1 amide bonds. The number of halogens is 2. The molecule has 5 nitrogen and oxygen atoms in total. The van der Waals surface area contributed by atoms with Crippen LogP contribution in [0.25, 0.3) is 0 Å². The van der Waals surface area contributed by atoms with Gasteiger partial charge in [0.1, 0.15) is 0 Å². The van der Waals surface area contributed by atoms with Gasteiger partial charge in [0.25, 0.3) is 0 Å². The van der Waals surface area contributed by atoms with Gasteiger partial charge in [-0.15, -0.1) is 0 Å². The fraction of sp³-hybridized carbons (Fsp3) is 0.500. The average Bonchev–Trinajstić information content (AvgIpc) is 2.40. The minimum absolute atomic E-state index is 0.0308. The first-order valence-corrected chi connectivity index (χ1v) is 6.56. The molecule has 0 saturated carbocycles. The minimum atomic E-state index is -2.92.